The van der Waals surface area contributed by atoms with Gasteiger partial charge in [-0.15, -0.1) is 13.2 Å². The Bertz CT molecular complexity index is 985. The number of rotatable bonds is 6. The van der Waals surface area contributed by atoms with Crippen LogP contribution in [-0.2, 0) is 10.2 Å². The van der Waals surface area contributed by atoms with E-state index in [0.29, 0.717) is 0 Å². The third-order valence-corrected chi connectivity index (χ3v) is 4.64. The molecule has 12 heteroatoms. The Morgan fingerprint density at radius 2 is 1.68 bits per heavy atom. The smallest absolute Gasteiger partial charge is 0.493 e. The van der Waals surface area contributed by atoms with Crippen LogP contribution in [0, 0.1) is 0 Å². The molecule has 0 bridgehead atoms. The molecule has 0 unspecified atom stereocenters. The predicted octanol–water partition coefficient (Wildman–Crippen LogP) is 5.16. The molecule has 0 aliphatic heterocycles. The number of esters is 1. The molecule has 0 radical (unpaired) electrons. The molecule has 6 nitrogen and oxygen atoms in total. The van der Waals surface area contributed by atoms with Gasteiger partial charge in [-0.05, 0) is 25.0 Å². The summed E-state index contributed by atoms with van der Waals surface area (Å²) in [6.07, 6.45) is -8.95. The summed E-state index contributed by atoms with van der Waals surface area (Å²) in [5, 5.41) is 0. The average molecular weight is 451 g/mol. The maximum atomic E-state index is 13.5. The fourth-order valence-electron chi connectivity index (χ4n) is 2.90. The molecule has 0 atom stereocenters. The molecular weight excluding hydrogens is 436 g/mol. The number of methoxy groups -OCH3 is 2. The van der Waals surface area contributed by atoms with Crippen LogP contribution >= 0.6 is 0 Å². The number of aromatic nitrogens is 1. The second-order valence-electron chi connectivity index (χ2n) is 6.60. The zero-order valence-corrected chi connectivity index (χ0v) is 16.1. The van der Waals surface area contributed by atoms with Gasteiger partial charge in [-0.1, -0.05) is 0 Å². The minimum atomic E-state index is -4.94. The SMILES string of the molecule is COC(=O)c1cnc(C2(C(F)(F)F)CC2)cc1Oc1ccc(OC(F)(F)F)cc1OC. The van der Waals surface area contributed by atoms with Crippen LogP contribution in [0.25, 0.3) is 0 Å². The fraction of sp³-hybridized carbons (Fsp3) is 0.368. The van der Waals surface area contributed by atoms with E-state index in [0.717, 1.165) is 44.7 Å². The Morgan fingerprint density at radius 3 is 2.19 bits per heavy atom. The first-order valence-electron chi connectivity index (χ1n) is 8.67. The first kappa shape index (κ1) is 22.5. The number of carbonyl (C=O) groups excluding carboxylic acids is 1. The molecule has 1 fully saturated rings. The highest BCUT2D eigenvalue weighted by atomic mass is 19.4. The molecule has 0 amide bonds. The minimum absolute atomic E-state index is 0.170. The van der Waals surface area contributed by atoms with Crippen molar-refractivity contribution in [3.05, 3.63) is 41.7 Å². The second kappa shape index (κ2) is 7.82. The number of halogens is 6. The third-order valence-electron chi connectivity index (χ3n) is 4.64. The van der Waals surface area contributed by atoms with E-state index >= 15 is 0 Å². The van der Waals surface area contributed by atoms with Crippen LogP contribution in [0.4, 0.5) is 26.3 Å². The summed E-state index contributed by atoms with van der Waals surface area (Å²) >= 11 is 0. The van der Waals surface area contributed by atoms with Crippen molar-refractivity contribution in [2.45, 2.75) is 30.8 Å². The zero-order chi connectivity index (χ0) is 23.0. The van der Waals surface area contributed by atoms with Gasteiger partial charge in [0.15, 0.2) is 11.5 Å². The average Bonchev–Trinajstić information content (AvgIpc) is 3.49. The van der Waals surface area contributed by atoms with E-state index in [2.05, 4.69) is 14.5 Å². The summed E-state index contributed by atoms with van der Waals surface area (Å²) in [7, 11) is 2.20. The molecule has 1 aromatic heterocycles. The molecule has 0 N–H and O–H groups in total. The van der Waals surface area contributed by atoms with Crippen molar-refractivity contribution >= 4 is 5.97 Å². The molecule has 0 spiro atoms. The number of hydrogen-bond donors (Lipinski definition) is 0. The minimum Gasteiger partial charge on any atom is -0.493 e. The first-order chi connectivity index (χ1) is 14.4. The van der Waals surface area contributed by atoms with Gasteiger partial charge in [0.1, 0.15) is 22.5 Å². The van der Waals surface area contributed by atoms with Gasteiger partial charge in [-0.3, -0.25) is 4.98 Å². The highest BCUT2D eigenvalue weighted by Crippen LogP contribution is 2.58. The highest BCUT2D eigenvalue weighted by Gasteiger charge is 2.65. The molecular formula is C19H15F6NO5. The first-order valence-corrected chi connectivity index (χ1v) is 8.67. The number of carbonyl (C=O) groups is 1. The van der Waals surface area contributed by atoms with Crippen LogP contribution in [0.5, 0.6) is 23.0 Å². The van der Waals surface area contributed by atoms with Crippen molar-refractivity contribution in [3.8, 4) is 23.0 Å². The van der Waals surface area contributed by atoms with E-state index < -0.39 is 29.7 Å². The lowest BCUT2D eigenvalue weighted by Crippen LogP contribution is -2.29. The summed E-state index contributed by atoms with van der Waals surface area (Å²) in [6, 6.07) is 3.81. The van der Waals surface area contributed by atoms with Gasteiger partial charge in [0.25, 0.3) is 0 Å². The molecule has 31 heavy (non-hydrogen) atoms. The van der Waals surface area contributed by atoms with Gasteiger partial charge in [-0.25, -0.2) is 4.79 Å². The Hall–Kier alpha value is -3.18. The number of nitrogens with zero attached hydrogens (tertiary/aromatic N) is 1. The number of benzene rings is 1. The number of alkyl halides is 6. The normalized spacial score (nSPS) is 15.2. The van der Waals surface area contributed by atoms with E-state index in [1.54, 1.807) is 0 Å². The highest BCUT2D eigenvalue weighted by molar-refractivity contribution is 5.92. The van der Waals surface area contributed by atoms with Gasteiger partial charge >= 0.3 is 18.5 Å². The van der Waals surface area contributed by atoms with E-state index in [1.807, 2.05) is 0 Å². The Balaban J connectivity index is 2.01. The van der Waals surface area contributed by atoms with Crippen molar-refractivity contribution in [1.29, 1.82) is 0 Å². The van der Waals surface area contributed by atoms with Gasteiger partial charge in [0, 0.05) is 18.3 Å². The van der Waals surface area contributed by atoms with Crippen molar-refractivity contribution in [3.63, 3.8) is 0 Å². The van der Waals surface area contributed by atoms with Crippen LogP contribution in [0.15, 0.2) is 30.5 Å². The number of pyridine rings is 1. The van der Waals surface area contributed by atoms with Crippen LogP contribution in [0.2, 0.25) is 0 Å². The van der Waals surface area contributed by atoms with Crippen molar-refractivity contribution in [2.24, 2.45) is 0 Å². The summed E-state index contributed by atoms with van der Waals surface area (Å²) in [5.74, 6) is -2.24. The molecule has 1 aromatic carbocycles. The summed E-state index contributed by atoms with van der Waals surface area (Å²) in [6.45, 7) is 0. The quantitative estimate of drug-likeness (QED) is 0.447. The predicted molar refractivity (Wildman–Crippen MR) is 92.3 cm³/mol. The molecule has 1 saturated carbocycles. The Morgan fingerprint density at radius 1 is 1.00 bits per heavy atom. The van der Waals surface area contributed by atoms with Crippen molar-refractivity contribution < 1.29 is 50.1 Å². The van der Waals surface area contributed by atoms with E-state index in [9.17, 15) is 31.1 Å². The molecule has 1 heterocycles. The largest absolute Gasteiger partial charge is 0.573 e. The maximum absolute atomic E-state index is 13.5. The molecule has 0 saturated heterocycles. The molecule has 168 valence electrons. The van der Waals surface area contributed by atoms with Gasteiger partial charge in [0.05, 0.1) is 19.9 Å². The van der Waals surface area contributed by atoms with Crippen LogP contribution < -0.4 is 14.2 Å². The number of hydrogen-bond acceptors (Lipinski definition) is 6. The molecule has 1 aliphatic carbocycles. The van der Waals surface area contributed by atoms with Crippen LogP contribution in [-0.4, -0.2) is 37.7 Å². The lowest BCUT2D eigenvalue weighted by Gasteiger charge is -2.20. The van der Waals surface area contributed by atoms with Crippen molar-refractivity contribution in [1.82, 2.24) is 4.98 Å². The van der Waals surface area contributed by atoms with Crippen LogP contribution in [0.3, 0.4) is 0 Å². The van der Waals surface area contributed by atoms with Crippen molar-refractivity contribution in [2.75, 3.05) is 14.2 Å². The lowest BCUT2D eigenvalue weighted by atomic mass is 10.00. The van der Waals surface area contributed by atoms with E-state index in [4.69, 9.17) is 9.47 Å². The lowest BCUT2D eigenvalue weighted by molar-refractivity contribution is -0.274. The summed E-state index contributed by atoms with van der Waals surface area (Å²) in [4.78, 5) is 15.8. The topological polar surface area (TPSA) is 66.9 Å². The van der Waals surface area contributed by atoms with Gasteiger partial charge in [0.2, 0.25) is 0 Å². The second-order valence-corrected chi connectivity index (χ2v) is 6.60. The maximum Gasteiger partial charge on any atom is 0.573 e. The Labute approximate surface area is 171 Å². The van der Waals surface area contributed by atoms with Crippen LogP contribution in [0.1, 0.15) is 28.9 Å². The summed E-state index contributed by atoms with van der Waals surface area (Å²) in [5.41, 5.74) is -2.77. The monoisotopic (exact) mass is 451 g/mol. The molecule has 1 aliphatic rings. The molecule has 3 rings (SSSR count). The zero-order valence-electron chi connectivity index (χ0n) is 16.1. The van der Waals surface area contributed by atoms with E-state index in [-0.39, 0.29) is 41.3 Å². The third kappa shape index (κ3) is 4.62. The van der Waals surface area contributed by atoms with Gasteiger partial charge in [-0.2, -0.15) is 13.2 Å². The fourth-order valence-corrected chi connectivity index (χ4v) is 2.90. The number of ether oxygens (including phenoxy) is 4. The van der Waals surface area contributed by atoms with Gasteiger partial charge < -0.3 is 18.9 Å². The Kier molecular flexibility index (Phi) is 5.68. The summed E-state index contributed by atoms with van der Waals surface area (Å²) < 4.78 is 96.6. The standard InChI is InChI=1S/C19H15F6NO5/c1-28-14-7-10(31-19(23,24)25)3-4-12(14)30-13-8-15(17(5-6-17)18(20,21)22)26-9-11(13)16(27)29-2/h3-4,7-9H,5-6H2,1-2H3. The van der Waals surface area contributed by atoms with E-state index in [1.165, 1.54) is 0 Å². The molecule has 2 aromatic rings.